The first-order valence-corrected chi connectivity index (χ1v) is 11.2. The Morgan fingerprint density at radius 2 is 1.88 bits per heavy atom. The number of hydrogen-bond acceptors (Lipinski definition) is 5. The molecule has 7 heteroatoms. The van der Waals surface area contributed by atoms with E-state index in [0.717, 1.165) is 35.7 Å². The number of nitrogens with zero attached hydrogens (tertiary/aromatic N) is 1. The minimum atomic E-state index is -3.51. The average molecular weight is 397 g/mol. The first-order chi connectivity index (χ1) is 12.4. The molecular weight excluding hydrogens is 368 g/mol. The Morgan fingerprint density at radius 1 is 1.15 bits per heavy atom. The van der Waals surface area contributed by atoms with Crippen molar-refractivity contribution in [1.29, 1.82) is 0 Å². The van der Waals surface area contributed by atoms with Gasteiger partial charge in [-0.3, -0.25) is 4.90 Å². The normalized spacial score (nSPS) is 13.1. The summed E-state index contributed by atoms with van der Waals surface area (Å²) in [5.41, 5.74) is 1.04. The SMILES string of the molecule is CCc1ccc(S(=O)(=O)NCC(c2cccc(OC)c2)N(CC)CC)s1. The van der Waals surface area contributed by atoms with Crippen molar-refractivity contribution in [2.75, 3.05) is 26.7 Å². The molecule has 0 amide bonds. The van der Waals surface area contributed by atoms with Crippen LogP contribution in [0.25, 0.3) is 0 Å². The Hall–Kier alpha value is -1.41. The van der Waals surface area contributed by atoms with Gasteiger partial charge in [-0.15, -0.1) is 11.3 Å². The van der Waals surface area contributed by atoms with Gasteiger partial charge in [0, 0.05) is 17.5 Å². The van der Waals surface area contributed by atoms with E-state index in [9.17, 15) is 8.42 Å². The molecule has 2 aromatic rings. The number of likely N-dealkylation sites (N-methyl/N-ethyl adjacent to an activating group) is 1. The Labute approximate surface area is 161 Å². The van der Waals surface area contributed by atoms with Gasteiger partial charge >= 0.3 is 0 Å². The smallest absolute Gasteiger partial charge is 0.250 e. The molecule has 0 radical (unpaired) electrons. The van der Waals surface area contributed by atoms with Crippen LogP contribution in [0.2, 0.25) is 0 Å². The van der Waals surface area contributed by atoms with Gasteiger partial charge in [0.2, 0.25) is 10.0 Å². The summed E-state index contributed by atoms with van der Waals surface area (Å²) in [6, 6.07) is 11.3. The zero-order chi connectivity index (χ0) is 19.2. The minimum Gasteiger partial charge on any atom is -0.497 e. The van der Waals surface area contributed by atoms with Crippen molar-refractivity contribution in [1.82, 2.24) is 9.62 Å². The van der Waals surface area contributed by atoms with Gasteiger partial charge in [0.05, 0.1) is 7.11 Å². The van der Waals surface area contributed by atoms with E-state index < -0.39 is 10.0 Å². The van der Waals surface area contributed by atoms with Crippen LogP contribution in [0.1, 0.15) is 37.3 Å². The van der Waals surface area contributed by atoms with Gasteiger partial charge in [-0.2, -0.15) is 0 Å². The zero-order valence-corrected chi connectivity index (χ0v) is 17.5. The van der Waals surface area contributed by atoms with Crippen LogP contribution in [0, 0.1) is 0 Å². The van der Waals surface area contributed by atoms with E-state index in [4.69, 9.17) is 4.74 Å². The fourth-order valence-corrected chi connectivity index (χ4v) is 5.30. The van der Waals surface area contributed by atoms with Crippen molar-refractivity contribution in [2.45, 2.75) is 37.4 Å². The summed E-state index contributed by atoms with van der Waals surface area (Å²) in [5.74, 6) is 0.772. The van der Waals surface area contributed by atoms with Crippen molar-refractivity contribution in [3.05, 3.63) is 46.8 Å². The molecule has 0 saturated heterocycles. The number of thiophene rings is 1. The molecule has 2 rings (SSSR count). The highest BCUT2D eigenvalue weighted by atomic mass is 32.2. The van der Waals surface area contributed by atoms with Crippen LogP contribution in [-0.2, 0) is 16.4 Å². The topological polar surface area (TPSA) is 58.6 Å². The lowest BCUT2D eigenvalue weighted by molar-refractivity contribution is 0.219. The molecule has 0 aliphatic carbocycles. The number of ether oxygens (including phenoxy) is 1. The predicted octanol–water partition coefficient (Wildman–Crippen LogP) is 3.68. The van der Waals surface area contributed by atoms with Gasteiger partial charge < -0.3 is 4.74 Å². The van der Waals surface area contributed by atoms with Crippen molar-refractivity contribution >= 4 is 21.4 Å². The monoisotopic (exact) mass is 396 g/mol. The largest absolute Gasteiger partial charge is 0.497 e. The summed E-state index contributed by atoms with van der Waals surface area (Å²) in [7, 11) is -1.87. The Bertz CT molecular complexity index is 799. The van der Waals surface area contributed by atoms with Crippen molar-refractivity contribution in [3.63, 3.8) is 0 Å². The van der Waals surface area contributed by atoms with E-state index in [1.54, 1.807) is 13.2 Å². The van der Waals surface area contributed by atoms with E-state index in [-0.39, 0.29) is 6.04 Å². The molecule has 144 valence electrons. The van der Waals surface area contributed by atoms with Gasteiger partial charge in [0.1, 0.15) is 9.96 Å². The molecule has 1 heterocycles. The van der Waals surface area contributed by atoms with Crippen LogP contribution in [0.4, 0.5) is 0 Å². The van der Waals surface area contributed by atoms with Crippen LogP contribution >= 0.6 is 11.3 Å². The number of sulfonamides is 1. The number of rotatable bonds is 10. The molecule has 1 aromatic heterocycles. The molecule has 0 fully saturated rings. The standard InChI is InChI=1S/C19H28N2O3S2/c1-5-17-11-12-19(25-17)26(22,23)20-14-18(21(6-2)7-3)15-9-8-10-16(13-15)24-4/h8-13,18,20H,5-7,14H2,1-4H3. The fraction of sp³-hybridized carbons (Fsp3) is 0.474. The van der Waals surface area contributed by atoms with Crippen LogP contribution in [-0.4, -0.2) is 40.1 Å². The molecule has 0 bridgehead atoms. The summed E-state index contributed by atoms with van der Waals surface area (Å²) >= 11 is 1.33. The summed E-state index contributed by atoms with van der Waals surface area (Å²) < 4.78 is 33.8. The Morgan fingerprint density at radius 3 is 2.46 bits per heavy atom. The van der Waals surface area contributed by atoms with Gasteiger partial charge in [-0.25, -0.2) is 13.1 Å². The van der Waals surface area contributed by atoms with Crippen LogP contribution in [0.15, 0.2) is 40.6 Å². The van der Waals surface area contributed by atoms with Crippen molar-refractivity contribution in [3.8, 4) is 5.75 Å². The molecule has 0 spiro atoms. The molecule has 0 aliphatic heterocycles. The number of nitrogens with one attached hydrogen (secondary N) is 1. The second-order valence-electron chi connectivity index (χ2n) is 5.94. The molecule has 0 aliphatic rings. The van der Waals surface area contributed by atoms with E-state index in [2.05, 4.69) is 23.5 Å². The maximum Gasteiger partial charge on any atom is 0.250 e. The lowest BCUT2D eigenvalue weighted by Crippen LogP contribution is -2.37. The highest BCUT2D eigenvalue weighted by molar-refractivity contribution is 7.91. The maximum absolute atomic E-state index is 12.7. The lowest BCUT2D eigenvalue weighted by Gasteiger charge is -2.30. The third kappa shape index (κ3) is 5.07. The second-order valence-corrected chi connectivity index (χ2v) is 9.10. The van der Waals surface area contributed by atoms with Crippen LogP contribution in [0.5, 0.6) is 5.75 Å². The van der Waals surface area contributed by atoms with Crippen molar-refractivity contribution in [2.24, 2.45) is 0 Å². The van der Waals surface area contributed by atoms with Gasteiger partial charge in [-0.05, 0) is 49.3 Å². The van der Waals surface area contributed by atoms with Gasteiger partial charge in [0.15, 0.2) is 0 Å². The first-order valence-electron chi connectivity index (χ1n) is 8.91. The molecule has 1 aromatic carbocycles. The highest BCUT2D eigenvalue weighted by Gasteiger charge is 2.23. The minimum absolute atomic E-state index is 0.0551. The quantitative estimate of drug-likeness (QED) is 0.666. The number of hydrogen-bond donors (Lipinski definition) is 1. The third-order valence-electron chi connectivity index (χ3n) is 4.45. The van der Waals surface area contributed by atoms with E-state index in [1.807, 2.05) is 37.3 Å². The van der Waals surface area contributed by atoms with Gasteiger partial charge in [-0.1, -0.05) is 32.9 Å². The highest BCUT2D eigenvalue weighted by Crippen LogP contribution is 2.26. The Balaban J connectivity index is 2.23. The fourth-order valence-electron chi connectivity index (χ4n) is 2.92. The first kappa shape index (κ1) is 20.9. The average Bonchev–Trinajstić information content (AvgIpc) is 3.15. The lowest BCUT2D eigenvalue weighted by atomic mass is 10.0. The summed E-state index contributed by atoms with van der Waals surface area (Å²) in [6.45, 7) is 8.17. The Kier molecular flexibility index (Phi) is 7.64. The summed E-state index contributed by atoms with van der Waals surface area (Å²) in [4.78, 5) is 3.31. The number of benzene rings is 1. The van der Waals surface area contributed by atoms with E-state index >= 15 is 0 Å². The molecule has 1 unspecified atom stereocenters. The maximum atomic E-state index is 12.7. The van der Waals surface area contributed by atoms with E-state index in [1.165, 1.54) is 11.3 Å². The third-order valence-corrected chi connectivity index (χ3v) is 7.59. The van der Waals surface area contributed by atoms with E-state index in [0.29, 0.717) is 10.8 Å². The summed E-state index contributed by atoms with van der Waals surface area (Å²) in [6.07, 6.45) is 0.839. The molecule has 0 saturated carbocycles. The number of aryl methyl sites for hydroxylation is 1. The predicted molar refractivity (Wildman–Crippen MR) is 108 cm³/mol. The number of methoxy groups -OCH3 is 1. The zero-order valence-electron chi connectivity index (χ0n) is 15.9. The summed E-state index contributed by atoms with van der Waals surface area (Å²) in [5, 5.41) is 0. The molecule has 26 heavy (non-hydrogen) atoms. The molecular formula is C19H28N2O3S2. The second kappa shape index (κ2) is 9.50. The van der Waals surface area contributed by atoms with Crippen LogP contribution in [0.3, 0.4) is 0 Å². The molecule has 1 atom stereocenters. The molecule has 5 nitrogen and oxygen atoms in total. The van der Waals surface area contributed by atoms with Crippen LogP contribution < -0.4 is 9.46 Å². The van der Waals surface area contributed by atoms with Gasteiger partial charge in [0.25, 0.3) is 0 Å². The molecule has 1 N–H and O–H groups in total. The van der Waals surface area contributed by atoms with Crippen molar-refractivity contribution < 1.29 is 13.2 Å².